The molecule has 0 atom stereocenters. The Balaban J connectivity index is 2.64. The zero-order valence-electron chi connectivity index (χ0n) is 8.45. The maximum absolute atomic E-state index is 11.1. The van der Waals surface area contributed by atoms with Crippen LogP contribution in [-0.2, 0) is 9.59 Å². The topological polar surface area (TPSA) is 54.4 Å². The van der Waals surface area contributed by atoms with Crippen LogP contribution < -0.4 is 0 Å². The Morgan fingerprint density at radius 1 is 1.36 bits per heavy atom. The molecule has 0 radical (unpaired) electrons. The zero-order chi connectivity index (χ0) is 10.6. The lowest BCUT2D eigenvalue weighted by molar-refractivity contribution is -0.136. The highest BCUT2D eigenvalue weighted by molar-refractivity contribution is 5.97. The fourth-order valence-electron chi connectivity index (χ4n) is 1.87. The average molecular weight is 196 g/mol. The minimum atomic E-state index is -0.926. The molecule has 1 aliphatic rings. The highest BCUT2D eigenvalue weighted by Gasteiger charge is 2.16. The monoisotopic (exact) mass is 196 g/mol. The minimum absolute atomic E-state index is 0.112. The van der Waals surface area contributed by atoms with Crippen molar-refractivity contribution < 1.29 is 14.7 Å². The van der Waals surface area contributed by atoms with Gasteiger partial charge in [-0.15, -0.1) is 0 Å². The molecule has 14 heavy (non-hydrogen) atoms. The van der Waals surface area contributed by atoms with Crippen molar-refractivity contribution in [1.29, 1.82) is 0 Å². The molecule has 1 fully saturated rings. The van der Waals surface area contributed by atoms with Crippen molar-refractivity contribution in [3.05, 3.63) is 11.6 Å². The zero-order valence-corrected chi connectivity index (χ0v) is 8.45. The molecule has 0 amide bonds. The van der Waals surface area contributed by atoms with Crippen LogP contribution in [0.5, 0.6) is 0 Å². The lowest BCUT2D eigenvalue weighted by Crippen LogP contribution is -2.06. The van der Waals surface area contributed by atoms with Crippen LogP contribution in [0.1, 0.15) is 39.0 Å². The van der Waals surface area contributed by atoms with Crippen molar-refractivity contribution in [3.63, 3.8) is 0 Å². The van der Waals surface area contributed by atoms with Crippen molar-refractivity contribution in [1.82, 2.24) is 0 Å². The Kier molecular flexibility index (Phi) is 3.86. The second-order valence-electron chi connectivity index (χ2n) is 3.86. The average Bonchev–Trinajstić information content (AvgIpc) is 2.54. The fourth-order valence-corrected chi connectivity index (χ4v) is 1.87. The SMILES string of the molecule is CC(=O)/C(=C/C1CCCC1)CC(=O)O. The van der Waals surface area contributed by atoms with Gasteiger partial charge in [0.15, 0.2) is 5.78 Å². The van der Waals surface area contributed by atoms with Crippen molar-refractivity contribution >= 4 is 11.8 Å². The molecule has 0 aromatic carbocycles. The van der Waals surface area contributed by atoms with E-state index in [0.717, 1.165) is 12.8 Å². The molecule has 0 aromatic heterocycles. The first-order chi connectivity index (χ1) is 6.59. The third kappa shape index (κ3) is 3.32. The normalized spacial score (nSPS) is 18.5. The predicted molar refractivity (Wildman–Crippen MR) is 53.0 cm³/mol. The second kappa shape index (κ2) is 4.94. The van der Waals surface area contributed by atoms with Gasteiger partial charge in [-0.2, -0.15) is 0 Å². The maximum atomic E-state index is 11.1. The van der Waals surface area contributed by atoms with Crippen molar-refractivity contribution in [2.75, 3.05) is 0 Å². The number of ketones is 1. The van der Waals surface area contributed by atoms with Gasteiger partial charge in [0.05, 0.1) is 6.42 Å². The number of hydrogen-bond donors (Lipinski definition) is 1. The number of hydrogen-bond acceptors (Lipinski definition) is 2. The standard InChI is InChI=1S/C11H16O3/c1-8(12)10(7-11(13)14)6-9-4-2-3-5-9/h6,9H,2-5,7H2,1H3,(H,13,14)/b10-6+. The Morgan fingerprint density at radius 2 is 1.93 bits per heavy atom. The van der Waals surface area contributed by atoms with E-state index in [1.807, 2.05) is 6.08 Å². The number of carboxylic acid groups (broad SMARTS) is 1. The summed E-state index contributed by atoms with van der Waals surface area (Å²) >= 11 is 0. The number of aliphatic carboxylic acids is 1. The van der Waals surface area contributed by atoms with Gasteiger partial charge in [-0.05, 0) is 25.7 Å². The summed E-state index contributed by atoms with van der Waals surface area (Å²) in [5, 5.41) is 8.61. The summed E-state index contributed by atoms with van der Waals surface area (Å²) < 4.78 is 0. The quantitative estimate of drug-likeness (QED) is 0.701. The number of carbonyl (C=O) groups is 2. The van der Waals surface area contributed by atoms with Crippen molar-refractivity contribution in [2.45, 2.75) is 39.0 Å². The Hall–Kier alpha value is -1.12. The number of Topliss-reactive ketones (excluding diaryl/α,β-unsaturated/α-hetero) is 1. The maximum Gasteiger partial charge on any atom is 0.307 e. The van der Waals surface area contributed by atoms with E-state index < -0.39 is 5.97 Å². The van der Waals surface area contributed by atoms with E-state index in [-0.39, 0.29) is 12.2 Å². The molecular weight excluding hydrogens is 180 g/mol. The third-order valence-electron chi connectivity index (χ3n) is 2.63. The van der Waals surface area contributed by atoms with Gasteiger partial charge in [0.25, 0.3) is 0 Å². The van der Waals surface area contributed by atoms with E-state index in [4.69, 9.17) is 5.11 Å². The summed E-state index contributed by atoms with van der Waals surface area (Å²) in [7, 11) is 0. The molecule has 1 N–H and O–H groups in total. The van der Waals surface area contributed by atoms with Crippen LogP contribution in [0.4, 0.5) is 0 Å². The van der Waals surface area contributed by atoms with E-state index in [1.54, 1.807) is 0 Å². The van der Waals surface area contributed by atoms with Crippen LogP contribution >= 0.6 is 0 Å². The van der Waals surface area contributed by atoms with Gasteiger partial charge in [-0.3, -0.25) is 9.59 Å². The molecule has 1 rings (SSSR count). The number of carbonyl (C=O) groups excluding carboxylic acids is 1. The van der Waals surface area contributed by atoms with Gasteiger partial charge >= 0.3 is 5.97 Å². The van der Waals surface area contributed by atoms with E-state index in [2.05, 4.69) is 0 Å². The molecule has 0 aliphatic heterocycles. The predicted octanol–water partition coefficient (Wildman–Crippen LogP) is 2.17. The van der Waals surface area contributed by atoms with E-state index in [0.29, 0.717) is 11.5 Å². The molecule has 3 heteroatoms. The molecule has 0 bridgehead atoms. The first kappa shape index (κ1) is 11.0. The Bertz CT molecular complexity index is 260. The molecule has 0 spiro atoms. The molecule has 0 saturated heterocycles. The van der Waals surface area contributed by atoms with Gasteiger partial charge < -0.3 is 5.11 Å². The molecule has 0 heterocycles. The fraction of sp³-hybridized carbons (Fsp3) is 0.636. The molecule has 1 saturated carbocycles. The smallest absolute Gasteiger partial charge is 0.307 e. The summed E-state index contributed by atoms with van der Waals surface area (Å²) in [5.74, 6) is -0.614. The van der Waals surface area contributed by atoms with Crippen molar-refractivity contribution in [2.24, 2.45) is 5.92 Å². The molecule has 0 unspecified atom stereocenters. The summed E-state index contributed by atoms with van der Waals surface area (Å²) in [5.41, 5.74) is 0.462. The molecule has 3 nitrogen and oxygen atoms in total. The van der Waals surface area contributed by atoms with Gasteiger partial charge in [0.1, 0.15) is 0 Å². The lowest BCUT2D eigenvalue weighted by Gasteiger charge is -2.05. The van der Waals surface area contributed by atoms with Gasteiger partial charge in [0, 0.05) is 5.57 Å². The second-order valence-corrected chi connectivity index (χ2v) is 3.86. The van der Waals surface area contributed by atoms with Crippen LogP contribution in [0.15, 0.2) is 11.6 Å². The summed E-state index contributed by atoms with van der Waals surface area (Å²) in [6.07, 6.45) is 6.31. The molecule has 0 aromatic rings. The Labute approximate surface area is 83.8 Å². The van der Waals surface area contributed by atoms with Gasteiger partial charge in [0.2, 0.25) is 0 Å². The molecule has 78 valence electrons. The number of carboxylic acids is 1. The van der Waals surface area contributed by atoms with Gasteiger partial charge in [-0.1, -0.05) is 18.9 Å². The van der Waals surface area contributed by atoms with Crippen LogP contribution in [0.2, 0.25) is 0 Å². The number of allylic oxidation sites excluding steroid dienone is 1. The summed E-state index contributed by atoms with van der Waals surface area (Å²) in [4.78, 5) is 21.6. The van der Waals surface area contributed by atoms with E-state index >= 15 is 0 Å². The molecule has 1 aliphatic carbocycles. The van der Waals surface area contributed by atoms with Crippen LogP contribution in [-0.4, -0.2) is 16.9 Å². The Morgan fingerprint density at radius 3 is 2.36 bits per heavy atom. The van der Waals surface area contributed by atoms with Crippen LogP contribution in [0, 0.1) is 5.92 Å². The van der Waals surface area contributed by atoms with Crippen molar-refractivity contribution in [3.8, 4) is 0 Å². The number of rotatable bonds is 4. The largest absolute Gasteiger partial charge is 0.481 e. The van der Waals surface area contributed by atoms with Gasteiger partial charge in [-0.25, -0.2) is 0 Å². The van der Waals surface area contributed by atoms with Crippen LogP contribution in [0.3, 0.4) is 0 Å². The summed E-state index contributed by atoms with van der Waals surface area (Å²) in [6, 6.07) is 0. The molecular formula is C11H16O3. The first-order valence-electron chi connectivity index (χ1n) is 5.03. The van der Waals surface area contributed by atoms with E-state index in [9.17, 15) is 9.59 Å². The third-order valence-corrected chi connectivity index (χ3v) is 2.63. The highest BCUT2D eigenvalue weighted by atomic mass is 16.4. The minimum Gasteiger partial charge on any atom is -0.481 e. The highest BCUT2D eigenvalue weighted by Crippen LogP contribution is 2.27. The van der Waals surface area contributed by atoms with Crippen LogP contribution in [0.25, 0.3) is 0 Å². The summed E-state index contributed by atoms with van der Waals surface area (Å²) in [6.45, 7) is 1.43. The first-order valence-corrected chi connectivity index (χ1v) is 5.03. The lowest BCUT2D eigenvalue weighted by atomic mass is 10.00. The van der Waals surface area contributed by atoms with E-state index in [1.165, 1.54) is 19.8 Å².